The number of amides is 2. The summed E-state index contributed by atoms with van der Waals surface area (Å²) in [7, 11) is 0. The van der Waals surface area contributed by atoms with E-state index in [4.69, 9.17) is 4.42 Å². The van der Waals surface area contributed by atoms with Crippen molar-refractivity contribution >= 4 is 17.5 Å². The lowest BCUT2D eigenvalue weighted by Crippen LogP contribution is -2.45. The fourth-order valence-corrected chi connectivity index (χ4v) is 3.45. The van der Waals surface area contributed by atoms with Crippen molar-refractivity contribution in [2.24, 2.45) is 0 Å². The molecule has 2 amide bonds. The van der Waals surface area contributed by atoms with Crippen molar-refractivity contribution in [2.45, 2.75) is 39.9 Å². The van der Waals surface area contributed by atoms with Crippen LogP contribution in [0.4, 0.5) is 5.69 Å². The Bertz CT molecular complexity index is 1120. The van der Waals surface area contributed by atoms with Gasteiger partial charge in [-0.05, 0) is 44.5 Å². The summed E-state index contributed by atoms with van der Waals surface area (Å²) >= 11 is 0. The molecule has 33 heavy (non-hydrogen) atoms. The molecule has 0 spiro atoms. The predicted octanol–water partition coefficient (Wildman–Crippen LogP) is 4.58. The van der Waals surface area contributed by atoms with Crippen LogP contribution >= 0.6 is 0 Å². The van der Waals surface area contributed by atoms with Gasteiger partial charge in [-0.3, -0.25) is 19.7 Å². The van der Waals surface area contributed by atoms with E-state index in [1.807, 2.05) is 49.4 Å². The molecular weight excluding hydrogens is 422 g/mol. The van der Waals surface area contributed by atoms with Crippen LogP contribution in [0.15, 0.2) is 71.1 Å². The van der Waals surface area contributed by atoms with Crippen molar-refractivity contribution in [3.8, 4) is 0 Å². The number of aryl methyl sites for hydroxylation is 1. The fraction of sp³-hybridized carbons (Fsp3) is 0.280. The summed E-state index contributed by atoms with van der Waals surface area (Å²) in [6, 6.07) is 18.5. The quantitative estimate of drug-likeness (QED) is 0.352. The average Bonchev–Trinajstić information content (AvgIpc) is 3.21. The van der Waals surface area contributed by atoms with Crippen molar-refractivity contribution < 1.29 is 18.9 Å². The van der Waals surface area contributed by atoms with Crippen LogP contribution in [0.2, 0.25) is 0 Å². The third-order valence-electron chi connectivity index (χ3n) is 5.21. The largest absolute Gasteiger partial charge is 0.464 e. The summed E-state index contributed by atoms with van der Waals surface area (Å²) in [5.74, 6) is 0.718. The second-order valence-corrected chi connectivity index (χ2v) is 8.08. The number of furan rings is 1. The molecule has 0 aliphatic heterocycles. The number of hydrogen-bond acceptors (Lipinski definition) is 5. The first kappa shape index (κ1) is 23.7. The molecule has 0 N–H and O–H groups in total. The Morgan fingerprint density at radius 2 is 1.73 bits per heavy atom. The molecule has 1 heterocycles. The molecule has 1 aromatic heterocycles. The smallest absolute Gasteiger partial charge is 0.270 e. The van der Waals surface area contributed by atoms with Gasteiger partial charge in [0.2, 0.25) is 5.91 Å². The van der Waals surface area contributed by atoms with E-state index in [-0.39, 0.29) is 36.3 Å². The van der Waals surface area contributed by atoms with Gasteiger partial charge in [-0.1, -0.05) is 36.4 Å². The highest BCUT2D eigenvalue weighted by molar-refractivity contribution is 5.97. The highest BCUT2D eigenvalue weighted by Gasteiger charge is 2.26. The molecule has 0 bridgehead atoms. The molecule has 2 aromatic carbocycles. The van der Waals surface area contributed by atoms with Gasteiger partial charge in [0.05, 0.1) is 11.5 Å². The number of carbonyl (C=O) groups excluding carboxylic acids is 2. The van der Waals surface area contributed by atoms with Crippen molar-refractivity contribution in [3.63, 3.8) is 0 Å². The summed E-state index contributed by atoms with van der Waals surface area (Å²) in [6.07, 6.45) is 0. The molecule has 3 aromatic rings. The first-order valence-electron chi connectivity index (χ1n) is 10.7. The number of benzene rings is 2. The molecular formula is C25H27N3O5. The van der Waals surface area contributed by atoms with Gasteiger partial charge in [-0.15, -0.1) is 0 Å². The van der Waals surface area contributed by atoms with Crippen LogP contribution in [0.5, 0.6) is 0 Å². The van der Waals surface area contributed by atoms with Gasteiger partial charge in [0.15, 0.2) is 0 Å². The van der Waals surface area contributed by atoms with Crippen LogP contribution in [-0.2, 0) is 17.9 Å². The van der Waals surface area contributed by atoms with Gasteiger partial charge in [-0.2, -0.15) is 0 Å². The minimum absolute atomic E-state index is 0.161. The highest BCUT2D eigenvalue weighted by atomic mass is 16.6. The lowest BCUT2D eigenvalue weighted by molar-refractivity contribution is -0.384. The van der Waals surface area contributed by atoms with Gasteiger partial charge in [-0.25, -0.2) is 0 Å². The second-order valence-electron chi connectivity index (χ2n) is 8.08. The molecule has 0 saturated heterocycles. The monoisotopic (exact) mass is 449 g/mol. The van der Waals surface area contributed by atoms with Crippen molar-refractivity contribution in [2.75, 3.05) is 6.54 Å². The number of hydrogen-bond donors (Lipinski definition) is 0. The van der Waals surface area contributed by atoms with Gasteiger partial charge >= 0.3 is 0 Å². The Labute approximate surface area is 192 Å². The Hall–Kier alpha value is -3.94. The van der Waals surface area contributed by atoms with E-state index in [1.165, 1.54) is 29.2 Å². The first-order valence-corrected chi connectivity index (χ1v) is 10.7. The maximum Gasteiger partial charge on any atom is 0.270 e. The molecule has 0 atom stereocenters. The number of nitro groups is 1. The van der Waals surface area contributed by atoms with Crippen LogP contribution in [0, 0.1) is 17.0 Å². The third-order valence-corrected chi connectivity index (χ3v) is 5.21. The highest BCUT2D eigenvalue weighted by Crippen LogP contribution is 2.18. The number of carbonyl (C=O) groups is 2. The number of nitrogens with zero attached hydrogens (tertiary/aromatic N) is 3. The Balaban J connectivity index is 1.83. The molecule has 3 rings (SSSR count). The fourth-order valence-electron chi connectivity index (χ4n) is 3.45. The molecule has 172 valence electrons. The van der Waals surface area contributed by atoms with E-state index < -0.39 is 10.8 Å². The molecule has 0 radical (unpaired) electrons. The Kier molecular flexibility index (Phi) is 7.61. The maximum atomic E-state index is 13.4. The zero-order chi connectivity index (χ0) is 24.0. The molecule has 0 aliphatic rings. The molecule has 0 aliphatic carbocycles. The molecule has 8 nitrogen and oxygen atoms in total. The SMILES string of the molecule is Cc1ccc(CN(Cc2ccccc2)C(=O)CN(C(=O)c2cccc([N+](=O)[O-])c2)C(C)C)o1. The van der Waals surface area contributed by atoms with Crippen LogP contribution in [-0.4, -0.2) is 39.1 Å². The zero-order valence-corrected chi connectivity index (χ0v) is 18.9. The molecule has 0 fully saturated rings. The normalized spacial score (nSPS) is 10.8. The Morgan fingerprint density at radius 3 is 2.33 bits per heavy atom. The average molecular weight is 450 g/mol. The zero-order valence-electron chi connectivity index (χ0n) is 18.9. The van der Waals surface area contributed by atoms with Gasteiger partial charge in [0.1, 0.15) is 18.1 Å². The Morgan fingerprint density at radius 1 is 1.00 bits per heavy atom. The number of rotatable bonds is 9. The van der Waals surface area contributed by atoms with E-state index in [1.54, 1.807) is 18.7 Å². The van der Waals surface area contributed by atoms with E-state index in [2.05, 4.69) is 0 Å². The van der Waals surface area contributed by atoms with Crippen LogP contribution in [0.1, 0.15) is 41.3 Å². The van der Waals surface area contributed by atoms with Crippen LogP contribution in [0.3, 0.4) is 0 Å². The standard InChI is InChI=1S/C25H27N3O5/c1-18(2)27(25(30)21-10-7-11-22(14-21)28(31)32)17-24(29)26(15-20-8-5-4-6-9-20)16-23-13-12-19(3)33-23/h4-14,18H,15-17H2,1-3H3. The lowest BCUT2D eigenvalue weighted by atomic mass is 10.1. The van der Waals surface area contributed by atoms with Gasteiger partial charge in [0, 0.05) is 30.3 Å². The minimum Gasteiger partial charge on any atom is -0.464 e. The molecule has 0 unspecified atom stereocenters. The summed E-state index contributed by atoms with van der Waals surface area (Å²) < 4.78 is 5.67. The minimum atomic E-state index is -0.547. The van der Waals surface area contributed by atoms with Gasteiger partial charge in [0.25, 0.3) is 11.6 Å². The summed E-state index contributed by atoms with van der Waals surface area (Å²) in [5.41, 5.74) is 0.951. The third kappa shape index (κ3) is 6.29. The van der Waals surface area contributed by atoms with E-state index >= 15 is 0 Å². The second kappa shape index (κ2) is 10.6. The van der Waals surface area contributed by atoms with Crippen LogP contribution in [0.25, 0.3) is 0 Å². The van der Waals surface area contributed by atoms with Crippen molar-refractivity contribution in [1.29, 1.82) is 0 Å². The van der Waals surface area contributed by atoms with E-state index in [9.17, 15) is 19.7 Å². The van der Waals surface area contributed by atoms with Crippen molar-refractivity contribution in [3.05, 3.63) is 99.5 Å². The van der Waals surface area contributed by atoms with Crippen LogP contribution < -0.4 is 0 Å². The number of non-ortho nitro benzene ring substituents is 1. The predicted molar refractivity (Wildman–Crippen MR) is 123 cm³/mol. The maximum absolute atomic E-state index is 13.4. The summed E-state index contributed by atoms with van der Waals surface area (Å²) in [5, 5.41) is 11.1. The van der Waals surface area contributed by atoms with Crippen molar-refractivity contribution in [1.82, 2.24) is 9.80 Å². The van der Waals surface area contributed by atoms with Gasteiger partial charge < -0.3 is 14.2 Å². The first-order chi connectivity index (χ1) is 15.7. The summed E-state index contributed by atoms with van der Waals surface area (Å²) in [6.45, 7) is 5.91. The molecule has 8 heteroatoms. The summed E-state index contributed by atoms with van der Waals surface area (Å²) in [4.78, 5) is 40.1. The molecule has 0 saturated carbocycles. The topological polar surface area (TPSA) is 96.9 Å². The lowest BCUT2D eigenvalue weighted by Gasteiger charge is -2.30. The van der Waals surface area contributed by atoms with E-state index in [0.29, 0.717) is 12.3 Å². The van der Waals surface area contributed by atoms with E-state index in [0.717, 1.165) is 11.3 Å². The number of nitro benzene ring substituents is 1.